The minimum absolute atomic E-state index is 0.274. The molecule has 0 aliphatic rings. The van der Waals surface area contributed by atoms with Gasteiger partial charge in [0.05, 0.1) is 5.56 Å². The number of aromatic nitrogens is 2. The van der Waals surface area contributed by atoms with Gasteiger partial charge in [0, 0.05) is 23.1 Å². The summed E-state index contributed by atoms with van der Waals surface area (Å²) in [4.78, 5) is 19.6. The fourth-order valence-electron chi connectivity index (χ4n) is 1.17. The van der Waals surface area contributed by atoms with Gasteiger partial charge in [0.1, 0.15) is 5.82 Å². The highest BCUT2D eigenvalue weighted by Gasteiger charge is 2.05. The lowest BCUT2D eigenvalue weighted by molar-refractivity contribution is 0.0962. The van der Waals surface area contributed by atoms with Crippen molar-refractivity contribution >= 4 is 27.7 Å². The molecular formula is C11H9BrN4O. The molecule has 0 aliphatic carbocycles. The topological polar surface area (TPSA) is 66.9 Å². The molecule has 0 unspecified atom stereocenters. The first-order valence-corrected chi connectivity index (χ1v) is 5.63. The van der Waals surface area contributed by atoms with E-state index in [0.29, 0.717) is 11.4 Å². The highest BCUT2D eigenvalue weighted by atomic mass is 79.9. The third-order valence-corrected chi connectivity index (χ3v) is 2.37. The Morgan fingerprint density at radius 2 is 2.18 bits per heavy atom. The lowest BCUT2D eigenvalue weighted by Gasteiger charge is -2.07. The molecule has 2 heterocycles. The van der Waals surface area contributed by atoms with Crippen molar-refractivity contribution in [1.82, 2.24) is 15.4 Å². The molecule has 0 radical (unpaired) electrons. The molecule has 2 aromatic heterocycles. The number of pyridine rings is 2. The lowest BCUT2D eigenvalue weighted by Crippen LogP contribution is -2.29. The Bertz CT molecular complexity index is 518. The number of carbonyl (C=O) groups is 1. The Kier molecular flexibility index (Phi) is 3.66. The number of amides is 1. The highest BCUT2D eigenvalue weighted by molar-refractivity contribution is 9.10. The first kappa shape index (κ1) is 11.5. The number of hydrogen-bond donors (Lipinski definition) is 2. The standard InChI is InChI=1S/C11H9BrN4O/c12-9-5-8(6-13-7-9)11(17)16-15-10-3-1-2-4-14-10/h1-7H,(H,14,15)(H,16,17). The molecule has 2 rings (SSSR count). The Balaban J connectivity index is 1.98. The molecule has 1 amide bonds. The first-order chi connectivity index (χ1) is 8.25. The van der Waals surface area contributed by atoms with Crippen molar-refractivity contribution < 1.29 is 4.79 Å². The maximum atomic E-state index is 11.7. The summed E-state index contributed by atoms with van der Waals surface area (Å²) in [6.45, 7) is 0. The summed E-state index contributed by atoms with van der Waals surface area (Å²) in [5.74, 6) is 0.299. The maximum Gasteiger partial charge on any atom is 0.271 e. The SMILES string of the molecule is O=C(NNc1ccccn1)c1cncc(Br)c1. The van der Waals surface area contributed by atoms with Crippen LogP contribution in [0.2, 0.25) is 0 Å². The molecular weight excluding hydrogens is 284 g/mol. The fraction of sp³-hybridized carbons (Fsp3) is 0. The molecule has 2 N–H and O–H groups in total. The number of nitrogens with one attached hydrogen (secondary N) is 2. The van der Waals surface area contributed by atoms with Crippen molar-refractivity contribution in [3.05, 3.63) is 52.9 Å². The molecule has 0 atom stereocenters. The number of rotatable bonds is 3. The number of carbonyl (C=O) groups excluding carboxylic acids is 1. The van der Waals surface area contributed by atoms with E-state index in [2.05, 4.69) is 36.7 Å². The van der Waals surface area contributed by atoms with E-state index >= 15 is 0 Å². The van der Waals surface area contributed by atoms with Crippen LogP contribution in [0.1, 0.15) is 10.4 Å². The molecule has 17 heavy (non-hydrogen) atoms. The van der Waals surface area contributed by atoms with Crippen LogP contribution in [0.4, 0.5) is 5.82 Å². The zero-order valence-corrected chi connectivity index (χ0v) is 10.3. The van der Waals surface area contributed by atoms with Gasteiger partial charge >= 0.3 is 0 Å². The van der Waals surface area contributed by atoms with E-state index in [-0.39, 0.29) is 5.91 Å². The summed E-state index contributed by atoms with van der Waals surface area (Å²) in [6.07, 6.45) is 4.73. The lowest BCUT2D eigenvalue weighted by atomic mass is 10.3. The number of anilines is 1. The first-order valence-electron chi connectivity index (χ1n) is 4.83. The van der Waals surface area contributed by atoms with Crippen LogP contribution in [0, 0.1) is 0 Å². The predicted octanol–water partition coefficient (Wildman–Crippen LogP) is 2.00. The summed E-state index contributed by atoms with van der Waals surface area (Å²) in [6, 6.07) is 7.05. The second kappa shape index (κ2) is 5.40. The van der Waals surface area contributed by atoms with E-state index in [1.807, 2.05) is 6.07 Å². The molecule has 0 saturated heterocycles. The molecule has 0 saturated carbocycles. The van der Waals surface area contributed by atoms with E-state index in [1.165, 1.54) is 6.20 Å². The van der Waals surface area contributed by atoms with Crippen molar-refractivity contribution in [3.63, 3.8) is 0 Å². The van der Waals surface area contributed by atoms with Gasteiger partial charge in [0.25, 0.3) is 5.91 Å². The number of hydrazine groups is 1. The third-order valence-electron chi connectivity index (χ3n) is 1.94. The van der Waals surface area contributed by atoms with Gasteiger partial charge in [0.2, 0.25) is 0 Å². The number of nitrogens with zero attached hydrogens (tertiary/aromatic N) is 2. The van der Waals surface area contributed by atoms with E-state index < -0.39 is 0 Å². The van der Waals surface area contributed by atoms with E-state index in [1.54, 1.807) is 30.6 Å². The average Bonchev–Trinajstić information content (AvgIpc) is 2.37. The fourth-order valence-corrected chi connectivity index (χ4v) is 1.53. The van der Waals surface area contributed by atoms with Gasteiger partial charge in [-0.1, -0.05) is 6.07 Å². The monoisotopic (exact) mass is 292 g/mol. The summed E-state index contributed by atoms with van der Waals surface area (Å²) >= 11 is 3.25. The zero-order chi connectivity index (χ0) is 12.1. The smallest absolute Gasteiger partial charge is 0.271 e. The molecule has 6 heteroatoms. The van der Waals surface area contributed by atoms with Gasteiger partial charge in [-0.2, -0.15) is 0 Å². The Labute approximate surface area is 106 Å². The van der Waals surface area contributed by atoms with Crippen molar-refractivity contribution in [2.75, 3.05) is 5.43 Å². The van der Waals surface area contributed by atoms with Crippen molar-refractivity contribution in [2.45, 2.75) is 0 Å². The summed E-state index contributed by atoms with van der Waals surface area (Å²) in [7, 11) is 0. The van der Waals surface area contributed by atoms with E-state index in [9.17, 15) is 4.79 Å². The van der Waals surface area contributed by atoms with Gasteiger partial charge in [-0.25, -0.2) is 4.98 Å². The Morgan fingerprint density at radius 3 is 2.88 bits per heavy atom. The van der Waals surface area contributed by atoms with Crippen molar-refractivity contribution in [3.8, 4) is 0 Å². The van der Waals surface area contributed by atoms with E-state index in [0.717, 1.165) is 4.47 Å². The second-order valence-corrected chi connectivity index (χ2v) is 4.10. The zero-order valence-electron chi connectivity index (χ0n) is 8.72. The molecule has 0 aromatic carbocycles. The van der Waals surface area contributed by atoms with Crippen LogP contribution in [0.25, 0.3) is 0 Å². The molecule has 2 aromatic rings. The van der Waals surface area contributed by atoms with Gasteiger partial charge < -0.3 is 0 Å². The van der Waals surface area contributed by atoms with Crippen LogP contribution in [0.5, 0.6) is 0 Å². The van der Waals surface area contributed by atoms with Crippen LogP contribution in [0.15, 0.2) is 47.3 Å². The summed E-state index contributed by atoms with van der Waals surface area (Å²) in [5, 5.41) is 0. The van der Waals surface area contributed by atoms with Gasteiger partial charge in [-0.05, 0) is 34.1 Å². The molecule has 5 nitrogen and oxygen atoms in total. The predicted molar refractivity (Wildman–Crippen MR) is 67.3 cm³/mol. The summed E-state index contributed by atoms with van der Waals surface area (Å²) in [5.41, 5.74) is 5.70. The molecule has 0 fully saturated rings. The molecule has 0 aliphatic heterocycles. The molecule has 0 bridgehead atoms. The van der Waals surface area contributed by atoms with Crippen molar-refractivity contribution in [2.24, 2.45) is 0 Å². The molecule has 0 spiro atoms. The normalized spacial score (nSPS) is 9.71. The van der Waals surface area contributed by atoms with Crippen LogP contribution in [-0.2, 0) is 0 Å². The van der Waals surface area contributed by atoms with Gasteiger partial charge in [-0.15, -0.1) is 0 Å². The Hall–Kier alpha value is -1.95. The van der Waals surface area contributed by atoms with Gasteiger partial charge in [0.15, 0.2) is 0 Å². The molecule has 86 valence electrons. The highest BCUT2D eigenvalue weighted by Crippen LogP contribution is 2.09. The number of hydrogen-bond acceptors (Lipinski definition) is 4. The van der Waals surface area contributed by atoms with Gasteiger partial charge in [-0.3, -0.25) is 20.6 Å². The van der Waals surface area contributed by atoms with Crippen molar-refractivity contribution in [1.29, 1.82) is 0 Å². The Morgan fingerprint density at radius 1 is 1.29 bits per heavy atom. The maximum absolute atomic E-state index is 11.7. The van der Waals surface area contributed by atoms with E-state index in [4.69, 9.17) is 0 Å². The van der Waals surface area contributed by atoms with Crippen LogP contribution < -0.4 is 10.9 Å². The average molecular weight is 293 g/mol. The quantitative estimate of drug-likeness (QED) is 0.849. The second-order valence-electron chi connectivity index (χ2n) is 3.19. The van der Waals surface area contributed by atoms with Crippen LogP contribution in [0.3, 0.4) is 0 Å². The largest absolute Gasteiger partial charge is 0.282 e. The minimum Gasteiger partial charge on any atom is -0.282 e. The summed E-state index contributed by atoms with van der Waals surface area (Å²) < 4.78 is 0.753. The van der Waals surface area contributed by atoms with Crippen LogP contribution in [-0.4, -0.2) is 15.9 Å². The van der Waals surface area contributed by atoms with Crippen LogP contribution >= 0.6 is 15.9 Å². The minimum atomic E-state index is -0.274. The number of halogens is 1. The third kappa shape index (κ3) is 3.25.